The molecule has 1 aliphatic rings. The third-order valence-electron chi connectivity index (χ3n) is 3.94. The van der Waals surface area contributed by atoms with Gasteiger partial charge in [-0.1, -0.05) is 27.7 Å². The Hall–Kier alpha value is -0.330. The molecule has 0 saturated heterocycles. The lowest BCUT2D eigenvalue weighted by Gasteiger charge is -2.35. The van der Waals surface area contributed by atoms with Crippen LogP contribution >= 0.6 is 0 Å². The van der Waals surface area contributed by atoms with Crippen LogP contribution in [0.4, 0.5) is 0 Å². The van der Waals surface area contributed by atoms with E-state index in [1.165, 1.54) is 12.8 Å². The van der Waals surface area contributed by atoms with Gasteiger partial charge in [0.25, 0.3) is 0 Å². The standard InChI is InChI=1S/C13H24O/c1-5-13(14)12-8-11(9(2)3)7-6-10(12)4/h9-12H,5-8H2,1-4H3/t10-,11-,12+/m0/s1. The fourth-order valence-corrected chi connectivity index (χ4v) is 2.67. The molecule has 0 amide bonds. The van der Waals surface area contributed by atoms with Crippen LogP contribution in [0.2, 0.25) is 0 Å². The quantitative estimate of drug-likeness (QED) is 0.673. The molecule has 0 radical (unpaired) electrons. The molecule has 0 heterocycles. The van der Waals surface area contributed by atoms with E-state index >= 15 is 0 Å². The second-order valence-electron chi connectivity index (χ2n) is 5.22. The minimum absolute atomic E-state index is 0.362. The van der Waals surface area contributed by atoms with Crippen molar-refractivity contribution in [2.75, 3.05) is 0 Å². The molecule has 0 spiro atoms. The van der Waals surface area contributed by atoms with Crippen molar-refractivity contribution in [3.05, 3.63) is 0 Å². The Morgan fingerprint density at radius 3 is 2.50 bits per heavy atom. The maximum Gasteiger partial charge on any atom is 0.135 e. The van der Waals surface area contributed by atoms with Crippen molar-refractivity contribution in [2.24, 2.45) is 23.7 Å². The summed E-state index contributed by atoms with van der Waals surface area (Å²) in [7, 11) is 0. The average molecular weight is 196 g/mol. The second-order valence-corrected chi connectivity index (χ2v) is 5.22. The summed E-state index contributed by atoms with van der Waals surface area (Å²) < 4.78 is 0. The molecule has 82 valence electrons. The number of carbonyl (C=O) groups excluding carboxylic acids is 1. The maximum absolute atomic E-state index is 11.7. The Morgan fingerprint density at radius 2 is 2.00 bits per heavy atom. The van der Waals surface area contributed by atoms with E-state index in [9.17, 15) is 4.79 Å². The van der Waals surface area contributed by atoms with E-state index in [0.717, 1.165) is 24.7 Å². The molecule has 1 nitrogen and oxygen atoms in total. The number of hydrogen-bond donors (Lipinski definition) is 0. The molecule has 1 rings (SSSR count). The SMILES string of the molecule is CCC(=O)[C@@H]1C[C@@H](C(C)C)CC[C@@H]1C. The van der Waals surface area contributed by atoms with E-state index in [1.807, 2.05) is 6.92 Å². The Morgan fingerprint density at radius 1 is 1.36 bits per heavy atom. The molecule has 0 aromatic rings. The van der Waals surface area contributed by atoms with Gasteiger partial charge in [-0.2, -0.15) is 0 Å². The zero-order valence-corrected chi connectivity index (χ0v) is 10.0. The highest BCUT2D eigenvalue weighted by molar-refractivity contribution is 5.81. The van der Waals surface area contributed by atoms with Gasteiger partial charge in [-0.3, -0.25) is 4.79 Å². The smallest absolute Gasteiger partial charge is 0.135 e. The lowest BCUT2D eigenvalue weighted by molar-refractivity contribution is -0.125. The Balaban J connectivity index is 2.59. The molecule has 1 heteroatoms. The lowest BCUT2D eigenvalue weighted by Crippen LogP contribution is -2.31. The van der Waals surface area contributed by atoms with E-state index in [1.54, 1.807) is 0 Å². The minimum atomic E-state index is 0.362. The Labute approximate surface area is 88.3 Å². The molecular weight excluding hydrogens is 172 g/mol. The van der Waals surface area contributed by atoms with Gasteiger partial charge in [-0.25, -0.2) is 0 Å². The molecule has 0 aliphatic heterocycles. The van der Waals surface area contributed by atoms with E-state index < -0.39 is 0 Å². The maximum atomic E-state index is 11.7. The van der Waals surface area contributed by atoms with Gasteiger partial charge in [-0.05, 0) is 37.0 Å². The molecule has 0 N–H and O–H groups in total. The van der Waals surface area contributed by atoms with Gasteiger partial charge in [0.1, 0.15) is 5.78 Å². The summed E-state index contributed by atoms with van der Waals surface area (Å²) in [6, 6.07) is 0. The van der Waals surface area contributed by atoms with Crippen LogP contribution in [0.25, 0.3) is 0 Å². The van der Waals surface area contributed by atoms with E-state index in [2.05, 4.69) is 20.8 Å². The van der Waals surface area contributed by atoms with Gasteiger partial charge in [0.15, 0.2) is 0 Å². The van der Waals surface area contributed by atoms with Crippen LogP contribution in [0.15, 0.2) is 0 Å². The van der Waals surface area contributed by atoms with Crippen LogP contribution in [0.3, 0.4) is 0 Å². The highest BCUT2D eigenvalue weighted by Gasteiger charge is 2.32. The monoisotopic (exact) mass is 196 g/mol. The predicted molar refractivity (Wildman–Crippen MR) is 60.1 cm³/mol. The van der Waals surface area contributed by atoms with Crippen molar-refractivity contribution in [2.45, 2.75) is 53.4 Å². The molecular formula is C13H24O. The second kappa shape index (κ2) is 4.95. The van der Waals surface area contributed by atoms with Crippen molar-refractivity contribution in [1.29, 1.82) is 0 Å². The van der Waals surface area contributed by atoms with Crippen LogP contribution in [0.1, 0.15) is 53.4 Å². The number of hydrogen-bond acceptors (Lipinski definition) is 1. The fraction of sp³-hybridized carbons (Fsp3) is 0.923. The zero-order chi connectivity index (χ0) is 10.7. The van der Waals surface area contributed by atoms with E-state index in [-0.39, 0.29) is 0 Å². The molecule has 0 unspecified atom stereocenters. The summed E-state index contributed by atoms with van der Waals surface area (Å²) in [5.41, 5.74) is 0. The number of rotatable bonds is 3. The highest BCUT2D eigenvalue weighted by Crippen LogP contribution is 2.38. The first kappa shape index (κ1) is 11.7. The molecule has 1 fully saturated rings. The van der Waals surface area contributed by atoms with Crippen molar-refractivity contribution < 1.29 is 4.79 Å². The Bertz CT molecular complexity index is 195. The van der Waals surface area contributed by atoms with E-state index in [4.69, 9.17) is 0 Å². The van der Waals surface area contributed by atoms with Gasteiger partial charge in [0, 0.05) is 12.3 Å². The highest BCUT2D eigenvalue weighted by atomic mass is 16.1. The zero-order valence-electron chi connectivity index (χ0n) is 10.0. The number of carbonyl (C=O) groups is 1. The fourth-order valence-electron chi connectivity index (χ4n) is 2.67. The van der Waals surface area contributed by atoms with Crippen molar-refractivity contribution in [3.63, 3.8) is 0 Å². The summed E-state index contributed by atoms with van der Waals surface area (Å²) >= 11 is 0. The molecule has 1 aliphatic carbocycles. The normalized spacial score (nSPS) is 33.4. The summed E-state index contributed by atoms with van der Waals surface area (Å²) in [6.07, 6.45) is 4.44. The van der Waals surface area contributed by atoms with Gasteiger partial charge >= 0.3 is 0 Å². The summed E-state index contributed by atoms with van der Waals surface area (Å²) in [5, 5.41) is 0. The third-order valence-corrected chi connectivity index (χ3v) is 3.94. The largest absolute Gasteiger partial charge is 0.299 e. The molecule has 1 saturated carbocycles. The molecule has 14 heavy (non-hydrogen) atoms. The average Bonchev–Trinajstić information content (AvgIpc) is 2.17. The molecule has 0 aromatic carbocycles. The topological polar surface area (TPSA) is 17.1 Å². The molecule has 3 atom stereocenters. The first-order valence-corrected chi connectivity index (χ1v) is 6.09. The van der Waals surface area contributed by atoms with Gasteiger partial charge in [0.2, 0.25) is 0 Å². The first-order chi connectivity index (χ1) is 6.56. The van der Waals surface area contributed by atoms with Crippen molar-refractivity contribution in [1.82, 2.24) is 0 Å². The van der Waals surface area contributed by atoms with Gasteiger partial charge < -0.3 is 0 Å². The Kier molecular flexibility index (Phi) is 4.15. The molecule has 0 bridgehead atoms. The summed E-state index contributed by atoms with van der Waals surface area (Å²) in [6.45, 7) is 8.81. The minimum Gasteiger partial charge on any atom is -0.299 e. The number of Topliss-reactive ketones (excluding diaryl/α,β-unsaturated/α-hetero) is 1. The van der Waals surface area contributed by atoms with Crippen molar-refractivity contribution >= 4 is 5.78 Å². The van der Waals surface area contributed by atoms with Crippen LogP contribution in [0.5, 0.6) is 0 Å². The third kappa shape index (κ3) is 2.59. The number of ketones is 1. The molecule has 0 aromatic heterocycles. The van der Waals surface area contributed by atoms with Crippen LogP contribution in [-0.2, 0) is 4.79 Å². The van der Waals surface area contributed by atoms with Gasteiger partial charge in [-0.15, -0.1) is 0 Å². The van der Waals surface area contributed by atoms with Gasteiger partial charge in [0.05, 0.1) is 0 Å². The first-order valence-electron chi connectivity index (χ1n) is 6.09. The predicted octanol–water partition coefficient (Wildman–Crippen LogP) is 3.67. The van der Waals surface area contributed by atoms with Crippen LogP contribution < -0.4 is 0 Å². The van der Waals surface area contributed by atoms with E-state index in [0.29, 0.717) is 17.6 Å². The van der Waals surface area contributed by atoms with Crippen LogP contribution in [-0.4, -0.2) is 5.78 Å². The van der Waals surface area contributed by atoms with Crippen molar-refractivity contribution in [3.8, 4) is 0 Å². The summed E-state index contributed by atoms with van der Waals surface area (Å²) in [4.78, 5) is 11.7. The van der Waals surface area contributed by atoms with Crippen LogP contribution in [0, 0.1) is 23.7 Å². The summed E-state index contributed by atoms with van der Waals surface area (Å²) in [5.74, 6) is 3.00. The lowest BCUT2D eigenvalue weighted by atomic mass is 9.69.